The molecule has 0 aliphatic carbocycles. The van der Waals surface area contributed by atoms with Gasteiger partial charge < -0.3 is 10.2 Å². The summed E-state index contributed by atoms with van der Waals surface area (Å²) in [4.78, 5) is 3.90. The minimum atomic E-state index is 0.162. The van der Waals surface area contributed by atoms with E-state index in [1.165, 1.54) is 0 Å². The molecule has 0 aliphatic heterocycles. The topological polar surface area (TPSA) is 69.9 Å². The average molecular weight is 226 g/mol. The molecule has 3 rings (SSSR count). The number of hydrogen-bond donors (Lipinski definition) is 1. The summed E-state index contributed by atoms with van der Waals surface area (Å²) in [5.74, 6) is 0.633. The third kappa shape index (κ3) is 1.67. The molecule has 2 N–H and O–H groups in total. The fourth-order valence-corrected chi connectivity index (χ4v) is 1.71. The number of para-hydroxylation sites is 1. The summed E-state index contributed by atoms with van der Waals surface area (Å²) in [6.07, 6.45) is 5.21. The average Bonchev–Trinajstić information content (AvgIpc) is 3.00. The van der Waals surface area contributed by atoms with Crippen LogP contribution in [-0.2, 0) is 0 Å². The molecule has 0 unspecified atom stereocenters. The molecule has 84 valence electrons. The maximum Gasteiger partial charge on any atom is 0.292 e. The van der Waals surface area contributed by atoms with Crippen molar-refractivity contribution in [2.24, 2.45) is 0 Å². The van der Waals surface area contributed by atoms with Gasteiger partial charge in [0.15, 0.2) is 5.76 Å². The molecule has 2 aromatic heterocycles. The maximum atomic E-state index is 5.48. The van der Waals surface area contributed by atoms with Gasteiger partial charge in [-0.1, -0.05) is 12.1 Å². The summed E-state index contributed by atoms with van der Waals surface area (Å²) in [6, 6.07) is 9.81. The van der Waals surface area contributed by atoms with Crippen LogP contribution < -0.4 is 5.73 Å². The highest BCUT2D eigenvalue weighted by Gasteiger charge is 2.10. The summed E-state index contributed by atoms with van der Waals surface area (Å²) in [7, 11) is 0. The van der Waals surface area contributed by atoms with Crippen molar-refractivity contribution in [2.45, 2.75) is 0 Å². The van der Waals surface area contributed by atoms with E-state index in [0.29, 0.717) is 5.76 Å². The SMILES string of the molecule is Nc1ncc(-c2ccccc2-n2cccn2)o1. The van der Waals surface area contributed by atoms with Crippen LogP contribution >= 0.6 is 0 Å². The molecule has 0 saturated heterocycles. The molecule has 0 bridgehead atoms. The summed E-state index contributed by atoms with van der Waals surface area (Å²) in [5.41, 5.74) is 7.31. The first-order valence-electron chi connectivity index (χ1n) is 5.15. The van der Waals surface area contributed by atoms with E-state index < -0.39 is 0 Å². The van der Waals surface area contributed by atoms with Gasteiger partial charge in [0, 0.05) is 18.0 Å². The molecule has 0 spiro atoms. The van der Waals surface area contributed by atoms with Crippen molar-refractivity contribution < 1.29 is 4.42 Å². The highest BCUT2D eigenvalue weighted by molar-refractivity contribution is 5.68. The van der Waals surface area contributed by atoms with Crippen LogP contribution in [0.1, 0.15) is 0 Å². The zero-order valence-electron chi connectivity index (χ0n) is 8.95. The van der Waals surface area contributed by atoms with Crippen LogP contribution in [0.15, 0.2) is 53.3 Å². The third-order valence-electron chi connectivity index (χ3n) is 2.44. The van der Waals surface area contributed by atoms with E-state index in [-0.39, 0.29) is 6.01 Å². The lowest BCUT2D eigenvalue weighted by molar-refractivity contribution is 0.594. The largest absolute Gasteiger partial charge is 0.424 e. The third-order valence-corrected chi connectivity index (χ3v) is 2.44. The Hall–Kier alpha value is -2.56. The van der Waals surface area contributed by atoms with Crippen molar-refractivity contribution in [3.05, 3.63) is 48.9 Å². The molecule has 0 amide bonds. The van der Waals surface area contributed by atoms with Crippen molar-refractivity contribution in [3.63, 3.8) is 0 Å². The monoisotopic (exact) mass is 226 g/mol. The van der Waals surface area contributed by atoms with Crippen LogP contribution in [-0.4, -0.2) is 14.8 Å². The number of nitrogens with two attached hydrogens (primary N) is 1. The lowest BCUT2D eigenvalue weighted by atomic mass is 10.1. The standard InChI is InChI=1S/C12H10N4O/c13-12-14-8-11(17-12)9-4-1-2-5-10(9)16-7-3-6-15-16/h1-8H,(H2,13,14). The molecule has 1 aromatic carbocycles. The van der Waals surface area contributed by atoms with E-state index in [1.807, 2.05) is 36.5 Å². The molecule has 0 atom stereocenters. The summed E-state index contributed by atoms with van der Waals surface area (Å²) < 4.78 is 7.11. The second-order valence-electron chi connectivity index (χ2n) is 3.53. The number of hydrogen-bond acceptors (Lipinski definition) is 4. The normalized spacial score (nSPS) is 10.6. The number of anilines is 1. The summed E-state index contributed by atoms with van der Waals surface area (Å²) in [5, 5.41) is 4.20. The van der Waals surface area contributed by atoms with Gasteiger partial charge in [-0.2, -0.15) is 5.10 Å². The Labute approximate surface area is 97.5 Å². The first kappa shape index (κ1) is 9.65. The van der Waals surface area contributed by atoms with Crippen LogP contribution in [0.25, 0.3) is 17.0 Å². The van der Waals surface area contributed by atoms with Crippen LogP contribution in [0.3, 0.4) is 0 Å². The fourth-order valence-electron chi connectivity index (χ4n) is 1.71. The van der Waals surface area contributed by atoms with Crippen LogP contribution in [0.4, 0.5) is 6.01 Å². The fraction of sp³-hybridized carbons (Fsp3) is 0. The van der Waals surface area contributed by atoms with E-state index in [1.54, 1.807) is 17.1 Å². The summed E-state index contributed by atoms with van der Waals surface area (Å²) >= 11 is 0. The Balaban J connectivity index is 2.17. The van der Waals surface area contributed by atoms with E-state index in [9.17, 15) is 0 Å². The van der Waals surface area contributed by atoms with Gasteiger partial charge in [0.2, 0.25) is 0 Å². The molecule has 17 heavy (non-hydrogen) atoms. The molecular formula is C12H10N4O. The minimum absolute atomic E-state index is 0.162. The van der Waals surface area contributed by atoms with Gasteiger partial charge in [0.05, 0.1) is 11.9 Å². The maximum absolute atomic E-state index is 5.48. The van der Waals surface area contributed by atoms with Crippen LogP contribution in [0.5, 0.6) is 0 Å². The molecule has 5 nitrogen and oxygen atoms in total. The summed E-state index contributed by atoms with van der Waals surface area (Å²) in [6.45, 7) is 0. The van der Waals surface area contributed by atoms with Crippen molar-refractivity contribution >= 4 is 6.01 Å². The molecular weight excluding hydrogens is 216 g/mol. The highest BCUT2D eigenvalue weighted by atomic mass is 16.4. The number of oxazole rings is 1. The first-order valence-corrected chi connectivity index (χ1v) is 5.15. The van der Waals surface area contributed by atoms with Gasteiger partial charge in [-0.15, -0.1) is 0 Å². The van der Waals surface area contributed by atoms with Gasteiger partial charge >= 0.3 is 0 Å². The van der Waals surface area contributed by atoms with Crippen molar-refractivity contribution in [1.82, 2.24) is 14.8 Å². The van der Waals surface area contributed by atoms with E-state index in [4.69, 9.17) is 10.2 Å². The van der Waals surface area contributed by atoms with Gasteiger partial charge in [-0.3, -0.25) is 0 Å². The number of benzene rings is 1. The quantitative estimate of drug-likeness (QED) is 0.726. The number of aromatic nitrogens is 3. The Bertz CT molecular complexity index is 628. The molecule has 5 heteroatoms. The van der Waals surface area contributed by atoms with Crippen LogP contribution in [0.2, 0.25) is 0 Å². The van der Waals surface area contributed by atoms with Crippen molar-refractivity contribution in [2.75, 3.05) is 5.73 Å². The Morgan fingerprint density at radius 3 is 2.76 bits per heavy atom. The molecule has 3 aromatic rings. The predicted molar refractivity (Wildman–Crippen MR) is 63.5 cm³/mol. The van der Waals surface area contributed by atoms with E-state index >= 15 is 0 Å². The lowest BCUT2D eigenvalue weighted by Crippen LogP contribution is -1.96. The zero-order chi connectivity index (χ0) is 11.7. The van der Waals surface area contributed by atoms with Gasteiger partial charge in [0.1, 0.15) is 0 Å². The van der Waals surface area contributed by atoms with Gasteiger partial charge in [0.25, 0.3) is 6.01 Å². The number of rotatable bonds is 2. The van der Waals surface area contributed by atoms with Gasteiger partial charge in [-0.05, 0) is 18.2 Å². The Kier molecular flexibility index (Phi) is 2.15. The van der Waals surface area contributed by atoms with Crippen molar-refractivity contribution in [1.29, 1.82) is 0 Å². The number of nitrogen functional groups attached to an aromatic ring is 1. The molecule has 0 radical (unpaired) electrons. The Morgan fingerprint density at radius 1 is 1.18 bits per heavy atom. The molecule has 2 heterocycles. The second-order valence-corrected chi connectivity index (χ2v) is 3.53. The zero-order valence-corrected chi connectivity index (χ0v) is 8.95. The predicted octanol–water partition coefficient (Wildman–Crippen LogP) is 2.11. The van der Waals surface area contributed by atoms with Crippen molar-refractivity contribution in [3.8, 4) is 17.0 Å². The van der Waals surface area contributed by atoms with Crippen LogP contribution in [0, 0.1) is 0 Å². The second kappa shape index (κ2) is 3.79. The molecule has 0 aliphatic rings. The van der Waals surface area contributed by atoms with E-state index in [0.717, 1.165) is 11.3 Å². The number of nitrogens with zero attached hydrogens (tertiary/aromatic N) is 3. The first-order chi connectivity index (χ1) is 8.34. The van der Waals surface area contributed by atoms with Gasteiger partial charge in [-0.25, -0.2) is 9.67 Å². The minimum Gasteiger partial charge on any atom is -0.424 e. The molecule has 0 saturated carbocycles. The smallest absolute Gasteiger partial charge is 0.292 e. The lowest BCUT2D eigenvalue weighted by Gasteiger charge is -2.06. The Morgan fingerprint density at radius 2 is 2.06 bits per heavy atom. The highest BCUT2D eigenvalue weighted by Crippen LogP contribution is 2.27. The van der Waals surface area contributed by atoms with E-state index in [2.05, 4.69) is 10.1 Å². The molecule has 0 fully saturated rings.